The molecule has 0 aliphatic carbocycles. The number of nitrogens with two attached hydrogens (primary N) is 2. The van der Waals surface area contributed by atoms with Crippen molar-refractivity contribution >= 4 is 174 Å². The lowest BCUT2D eigenvalue weighted by molar-refractivity contribution is -0.386. The highest BCUT2D eigenvalue weighted by Gasteiger charge is 2.18. The molecule has 0 bridgehead atoms. The van der Waals surface area contributed by atoms with Gasteiger partial charge in [-0.05, 0) is 270 Å². The van der Waals surface area contributed by atoms with E-state index in [-0.39, 0.29) is 78.7 Å². The molecule has 0 fully saturated rings. The molecule has 532 valence electrons. The van der Waals surface area contributed by atoms with Gasteiger partial charge < -0.3 is 26.7 Å². The number of aromatic amines is 1. The van der Waals surface area contributed by atoms with Crippen molar-refractivity contribution in [2.24, 2.45) is 5.73 Å². The number of H-pyrrole nitrogens is 1. The van der Waals surface area contributed by atoms with Crippen LogP contribution in [0.1, 0.15) is 113 Å². The number of nitriles is 1. The number of nitro groups is 3. The van der Waals surface area contributed by atoms with Gasteiger partial charge in [-0.1, -0.05) is 47.4 Å². The molecule has 0 aliphatic rings. The minimum Gasteiger partial charge on any atom is -0.505 e. The van der Waals surface area contributed by atoms with Crippen LogP contribution in [0.5, 0.6) is 5.75 Å². The number of nitrogen functional groups attached to an aromatic ring is 1. The Balaban J connectivity index is -0.00000106. The number of aliphatic hydroxyl groups excluding tert-OH is 1. The summed E-state index contributed by atoms with van der Waals surface area (Å²) in [7, 11) is 1.00. The van der Waals surface area contributed by atoms with Crippen molar-refractivity contribution in [2.45, 2.75) is 113 Å². The Kier molecular flexibility index (Phi) is 43.9. The summed E-state index contributed by atoms with van der Waals surface area (Å²) in [6.45, 7) is 22.2. The number of aromatic nitrogens is 12. The van der Waals surface area contributed by atoms with Crippen LogP contribution in [-0.2, 0) is 0 Å². The third kappa shape index (κ3) is 30.2. The highest BCUT2D eigenvalue weighted by molar-refractivity contribution is 9.11. The molecule has 10 heterocycles. The summed E-state index contributed by atoms with van der Waals surface area (Å²) < 4.78 is 4.06. The lowest BCUT2D eigenvalue weighted by Crippen LogP contribution is -2.16. The normalized spacial score (nSPS) is 9.42. The van der Waals surface area contributed by atoms with Crippen molar-refractivity contribution in [3.8, 4) is 11.8 Å². The van der Waals surface area contributed by atoms with E-state index in [0.717, 1.165) is 78.0 Å². The summed E-state index contributed by atoms with van der Waals surface area (Å²) in [6, 6.07) is 18.7. The molecule has 10 aromatic rings. The van der Waals surface area contributed by atoms with E-state index in [1.54, 1.807) is 58.9 Å². The number of fused-ring (bicyclic) bond motifs is 2. The molecule has 0 aliphatic heterocycles. The lowest BCUT2D eigenvalue weighted by atomic mass is 10.2. The second-order valence-electron chi connectivity index (χ2n) is 19.0. The number of hydrogen-bond donors (Lipinski definition) is 5. The Hall–Kier alpha value is -7.95. The SMILES string of the molecule is C.C.C.C.CO.Cc1cc(N)c(C(N)=O)nc1C.Cc1cc([N+](=O)[O-])c(Br)nc1Br.Cc1cc([N+](=O)[O-])c(Br)nc1C.Cc1cc([N+](=O)[O-])c(C#N)nc1C.Cc1cc2nc[nH]c(=O)c2nc1C.Cc1cc2ncnc(Cl)c2nc1C.Cc1ccc(Br)nc1Br.Oc1ccc(Br)nc1Br. The molecule has 99 heavy (non-hydrogen) atoms. The zero-order valence-corrected chi connectivity index (χ0v) is 64.3. The predicted octanol–water partition coefficient (Wildman–Crippen LogP) is 17.7. The van der Waals surface area contributed by atoms with Crippen LogP contribution >= 0.6 is 123 Å². The maximum atomic E-state index is 11.3. The van der Waals surface area contributed by atoms with Crippen molar-refractivity contribution < 1.29 is 29.8 Å². The van der Waals surface area contributed by atoms with Crippen LogP contribution in [0.3, 0.4) is 0 Å². The minimum absolute atomic E-state index is 0. The van der Waals surface area contributed by atoms with E-state index >= 15 is 0 Å². The fourth-order valence-corrected chi connectivity index (χ4v) is 9.94. The maximum absolute atomic E-state index is 11.3. The van der Waals surface area contributed by atoms with Gasteiger partial charge in [0.25, 0.3) is 11.5 Å². The monoisotopic (exact) mass is 1830 g/mol. The van der Waals surface area contributed by atoms with E-state index in [1.165, 1.54) is 30.9 Å². The van der Waals surface area contributed by atoms with Crippen molar-refractivity contribution in [3.63, 3.8) is 0 Å². The number of hydrogen-bond acceptors (Lipinski definition) is 23. The lowest BCUT2D eigenvalue weighted by Gasteiger charge is -2.04. The molecular formula is C63H74Br7ClN18O10. The number of carbonyl (C=O) groups excluding carboxylic acids is 1. The quantitative estimate of drug-likeness (QED) is 0.0473. The van der Waals surface area contributed by atoms with Gasteiger partial charge in [-0.15, -0.1) is 0 Å². The zero-order valence-electron chi connectivity index (χ0n) is 52.5. The first kappa shape index (κ1) is 95.2. The molecule has 0 spiro atoms. The average molecular weight is 1840 g/mol. The first-order valence-corrected chi connectivity index (χ1v) is 32.4. The summed E-state index contributed by atoms with van der Waals surface area (Å²) in [4.78, 5) is 98.4. The van der Waals surface area contributed by atoms with Gasteiger partial charge >= 0.3 is 17.1 Å². The number of rotatable bonds is 4. The smallest absolute Gasteiger partial charge is 0.305 e. The third-order valence-electron chi connectivity index (χ3n) is 12.2. The van der Waals surface area contributed by atoms with Gasteiger partial charge in [0.05, 0.1) is 37.8 Å². The number of halogens is 8. The first-order valence-electron chi connectivity index (χ1n) is 26.5. The van der Waals surface area contributed by atoms with Gasteiger partial charge in [-0.3, -0.25) is 39.9 Å². The summed E-state index contributed by atoms with van der Waals surface area (Å²) in [5, 5.41) is 56.2. The fraction of sp³-hybridized carbons (Fsp3) is 0.270. The second-order valence-corrected chi connectivity index (χ2v) is 24.8. The number of aromatic hydroxyl groups is 1. The van der Waals surface area contributed by atoms with Crippen molar-refractivity contribution in [2.75, 3.05) is 12.8 Å². The number of amides is 1. The fourth-order valence-electron chi connectivity index (χ4n) is 6.53. The van der Waals surface area contributed by atoms with Gasteiger partial charge in [-0.2, -0.15) is 5.26 Å². The van der Waals surface area contributed by atoms with E-state index in [2.05, 4.69) is 171 Å². The Morgan fingerprint density at radius 2 is 0.919 bits per heavy atom. The molecule has 10 rings (SSSR count). The first-order chi connectivity index (χ1) is 44.4. The topological polar surface area (TPSA) is 437 Å². The zero-order chi connectivity index (χ0) is 72.5. The molecule has 0 atom stereocenters. The summed E-state index contributed by atoms with van der Waals surface area (Å²) in [6.07, 6.45) is 2.84. The molecular weight excluding hydrogens is 1760 g/mol. The number of aliphatic hydroxyl groups is 1. The Bertz CT molecular complexity index is 4350. The van der Waals surface area contributed by atoms with Crippen molar-refractivity contribution in [3.05, 3.63) is 230 Å². The third-order valence-corrected chi connectivity index (χ3v) is 16.7. The number of anilines is 1. The van der Waals surface area contributed by atoms with E-state index in [1.807, 2.05) is 72.7 Å². The van der Waals surface area contributed by atoms with Gasteiger partial charge in [0, 0.05) is 53.8 Å². The van der Waals surface area contributed by atoms with Gasteiger partial charge in [-0.25, -0.2) is 54.8 Å². The Morgan fingerprint density at radius 1 is 0.515 bits per heavy atom. The van der Waals surface area contributed by atoms with Gasteiger partial charge in [0.2, 0.25) is 5.69 Å². The number of nitrogens with zero attached hydrogens (tertiary/aromatic N) is 15. The number of aryl methyl sites for hydroxylation is 12. The average Bonchev–Trinajstić information content (AvgIpc) is 0.823. The van der Waals surface area contributed by atoms with Gasteiger partial charge in [0.1, 0.15) is 46.7 Å². The Labute approximate surface area is 636 Å². The molecule has 7 N–H and O–H groups in total. The van der Waals surface area contributed by atoms with Crippen LogP contribution in [0.2, 0.25) is 5.15 Å². The number of nitrogens with one attached hydrogen (secondary N) is 1. The van der Waals surface area contributed by atoms with Crippen LogP contribution in [0.25, 0.3) is 22.1 Å². The number of pyridine rings is 8. The molecule has 0 radical (unpaired) electrons. The molecule has 0 saturated heterocycles. The maximum Gasteiger partial charge on any atom is 0.305 e. The molecule has 10 aromatic heterocycles. The summed E-state index contributed by atoms with van der Waals surface area (Å²) in [5.74, 6) is -0.436. The van der Waals surface area contributed by atoms with E-state index in [9.17, 15) is 39.9 Å². The van der Waals surface area contributed by atoms with E-state index in [4.69, 9.17) is 38.5 Å². The minimum atomic E-state index is -0.599. The predicted molar refractivity (Wildman–Crippen MR) is 413 cm³/mol. The van der Waals surface area contributed by atoms with Crippen LogP contribution in [0, 0.1) is 125 Å². The van der Waals surface area contributed by atoms with Crippen LogP contribution in [-0.4, -0.2) is 97.8 Å². The molecule has 28 nitrogen and oxygen atoms in total. The standard InChI is InChI=1S/C9H8ClN3.C9H9N3O.C8H7N3O2.C8H11N3O.C7H7BrN2O2.C6H4Br2N2O2.C6H5Br2N.C5H3Br2NO.CH4O.4CH4/c1-5-3-7-8(13-6(5)2)9(10)12-4-11-7;1-5-3-7-8(12-6(5)2)9(13)11-4-10-7;1-5-3-8(11(12)13)7(4-9)10-6(5)2;1-4-3-6(9)7(8(10)12)11-5(4)2;1-4-3-6(10(11)12)7(8)9-5(4)2;1-3-2-4(10(11)12)6(8)9-5(3)7;1-4-2-3-5(7)9-6(4)8;6-4-2-1-3(9)5(7)8-4;1-2;;;;/h3-4H,1-2H3;3-4H,1-2H3,(H,10,11,13);3H,1-2H3;3H,9H2,1-2H3,(H2,10,12);3H,1-2H3;2H,1H3;2-3H,1H3;1-2,9H;2H,1H3;4*1H4. The molecule has 1 amide bonds. The summed E-state index contributed by atoms with van der Waals surface area (Å²) in [5.41, 5.74) is 23.6. The van der Waals surface area contributed by atoms with Crippen LogP contribution in [0.4, 0.5) is 22.7 Å². The number of primary amides is 1. The highest BCUT2D eigenvalue weighted by Crippen LogP contribution is 2.28. The van der Waals surface area contributed by atoms with Crippen molar-refractivity contribution in [1.82, 2.24) is 59.8 Å². The van der Waals surface area contributed by atoms with E-state index in [0.29, 0.717) is 52.5 Å². The Morgan fingerprint density at radius 3 is 1.38 bits per heavy atom. The molecule has 0 saturated carbocycles. The van der Waals surface area contributed by atoms with Gasteiger partial charge in [0.15, 0.2) is 25.6 Å². The second kappa shape index (κ2) is 45.7. The van der Waals surface area contributed by atoms with Crippen molar-refractivity contribution in [1.29, 1.82) is 5.26 Å². The largest absolute Gasteiger partial charge is 0.505 e. The molecule has 0 unspecified atom stereocenters. The number of carbonyl (C=O) groups is 1. The summed E-state index contributed by atoms with van der Waals surface area (Å²) >= 11 is 27.8. The molecule has 36 heteroatoms. The van der Waals surface area contributed by atoms with Crippen LogP contribution in [0.15, 0.2) is 110 Å². The van der Waals surface area contributed by atoms with E-state index < -0.39 is 20.7 Å². The molecule has 0 aromatic carbocycles. The highest BCUT2D eigenvalue weighted by atomic mass is 79.9. The van der Waals surface area contributed by atoms with Crippen LogP contribution < -0.4 is 17.0 Å².